The van der Waals surface area contributed by atoms with Crippen LogP contribution in [0.5, 0.6) is 0 Å². The number of amides is 2. The van der Waals surface area contributed by atoms with Gasteiger partial charge in [0.2, 0.25) is 5.91 Å². The van der Waals surface area contributed by atoms with Crippen LogP contribution in [0.4, 0.5) is 15.8 Å². The number of dihydropyridines is 1. The molecule has 0 spiro atoms. The molecule has 1 aromatic heterocycles. The van der Waals surface area contributed by atoms with E-state index in [1.807, 2.05) is 0 Å². The maximum Gasteiger partial charge on any atom is 0.254 e. The molecule has 1 aliphatic heterocycles. The number of nitrogens with one attached hydrogen (secondary N) is 3. The maximum absolute atomic E-state index is 13.4. The highest BCUT2D eigenvalue weighted by Gasteiger charge is 2.36. The molecule has 11 heteroatoms. The molecular formula is C26H19Cl2FN4O3S. The Kier molecular flexibility index (Phi) is 8.24. The van der Waals surface area contributed by atoms with Crippen LogP contribution in [0.25, 0.3) is 0 Å². The molecule has 2 aromatic carbocycles. The number of halogens is 3. The highest BCUT2D eigenvalue weighted by atomic mass is 35.5. The van der Waals surface area contributed by atoms with E-state index in [1.54, 1.807) is 31.2 Å². The quantitative estimate of drug-likeness (QED) is 0.309. The van der Waals surface area contributed by atoms with E-state index in [1.165, 1.54) is 36.6 Å². The van der Waals surface area contributed by atoms with Gasteiger partial charge in [-0.1, -0.05) is 35.0 Å². The summed E-state index contributed by atoms with van der Waals surface area (Å²) in [7, 11) is 0. The van der Waals surface area contributed by atoms with E-state index in [0.717, 1.165) is 11.8 Å². The van der Waals surface area contributed by atoms with Crippen LogP contribution in [0.1, 0.15) is 18.6 Å². The van der Waals surface area contributed by atoms with Gasteiger partial charge in [0, 0.05) is 16.4 Å². The lowest BCUT2D eigenvalue weighted by molar-refractivity contribution is -0.114. The number of carbonyl (C=O) groups is 2. The number of rotatable bonds is 7. The molecule has 2 amide bonds. The first kappa shape index (κ1) is 26.4. The highest BCUT2D eigenvalue weighted by Crippen LogP contribution is 2.41. The zero-order valence-electron chi connectivity index (χ0n) is 19.3. The van der Waals surface area contributed by atoms with Crippen molar-refractivity contribution in [2.45, 2.75) is 12.8 Å². The standard InChI is InChI=1S/C26H19Cl2FN4O3S/c1-14-23(25(35)33-20-9-4-15(27)11-19(20)28)24(21-3-2-10-36-21)18(12-30)26(31-14)37-13-22(34)32-17-7-5-16(29)6-8-17/h2-11,24,31H,13H2,1H3,(H,32,34)(H,33,35)/t24-/m0/s1. The van der Waals surface area contributed by atoms with Gasteiger partial charge in [-0.3, -0.25) is 9.59 Å². The normalized spacial score (nSPS) is 15.2. The molecule has 0 fully saturated rings. The lowest BCUT2D eigenvalue weighted by atomic mass is 9.85. The van der Waals surface area contributed by atoms with Crippen molar-refractivity contribution in [1.82, 2.24) is 5.32 Å². The number of benzene rings is 2. The topological polar surface area (TPSA) is 107 Å². The van der Waals surface area contributed by atoms with E-state index in [0.29, 0.717) is 32.9 Å². The van der Waals surface area contributed by atoms with Crippen LogP contribution in [0.3, 0.4) is 0 Å². The minimum atomic E-state index is -0.824. The van der Waals surface area contributed by atoms with E-state index in [9.17, 15) is 19.2 Å². The molecule has 2 heterocycles. The fraction of sp³-hybridized carbons (Fsp3) is 0.115. The molecule has 7 nitrogen and oxygen atoms in total. The van der Waals surface area contributed by atoms with E-state index < -0.39 is 17.6 Å². The van der Waals surface area contributed by atoms with Gasteiger partial charge >= 0.3 is 0 Å². The number of nitrogens with zero attached hydrogens (tertiary/aromatic N) is 1. The van der Waals surface area contributed by atoms with Crippen LogP contribution in [-0.4, -0.2) is 17.6 Å². The molecule has 188 valence electrons. The van der Waals surface area contributed by atoms with Crippen molar-refractivity contribution in [2.75, 3.05) is 16.4 Å². The van der Waals surface area contributed by atoms with Crippen molar-refractivity contribution in [3.05, 3.63) is 104 Å². The third-order valence-corrected chi connectivity index (χ3v) is 6.94. The van der Waals surface area contributed by atoms with Crippen LogP contribution in [0.15, 0.2) is 87.1 Å². The average molecular weight is 557 g/mol. The molecule has 3 aromatic rings. The Hall–Kier alpha value is -3.71. The number of carbonyl (C=O) groups excluding carboxylic acids is 2. The Bertz CT molecular complexity index is 1450. The van der Waals surface area contributed by atoms with E-state index in [-0.39, 0.29) is 27.8 Å². The van der Waals surface area contributed by atoms with Crippen molar-refractivity contribution in [3.8, 4) is 6.07 Å². The summed E-state index contributed by atoms with van der Waals surface area (Å²) in [6.45, 7) is 1.70. The molecule has 0 saturated heterocycles. The summed E-state index contributed by atoms with van der Waals surface area (Å²) in [5.74, 6) is -1.72. The summed E-state index contributed by atoms with van der Waals surface area (Å²) in [4.78, 5) is 25.9. The summed E-state index contributed by atoms with van der Waals surface area (Å²) < 4.78 is 18.7. The summed E-state index contributed by atoms with van der Waals surface area (Å²) in [5.41, 5.74) is 1.76. The summed E-state index contributed by atoms with van der Waals surface area (Å²) in [6, 6.07) is 15.6. The molecule has 37 heavy (non-hydrogen) atoms. The average Bonchev–Trinajstić information content (AvgIpc) is 3.40. The Morgan fingerprint density at radius 1 is 1.16 bits per heavy atom. The molecule has 0 saturated carbocycles. The van der Waals surface area contributed by atoms with E-state index in [2.05, 4.69) is 22.0 Å². The van der Waals surface area contributed by atoms with Crippen molar-refractivity contribution >= 4 is 58.2 Å². The number of thioether (sulfide) groups is 1. The SMILES string of the molecule is CC1=C(C(=O)Nc2ccc(Cl)cc2Cl)[C@H](c2ccco2)C(C#N)=C(SCC(=O)Nc2ccc(F)cc2)N1. The second-order valence-electron chi connectivity index (χ2n) is 7.89. The summed E-state index contributed by atoms with van der Waals surface area (Å²) in [5, 5.41) is 19.7. The predicted molar refractivity (Wildman–Crippen MR) is 143 cm³/mol. The minimum Gasteiger partial charge on any atom is -0.468 e. The molecule has 0 radical (unpaired) electrons. The lowest BCUT2D eigenvalue weighted by Gasteiger charge is -2.28. The number of hydrogen-bond acceptors (Lipinski definition) is 6. The van der Waals surface area contributed by atoms with Crippen molar-refractivity contribution < 1.29 is 18.4 Å². The highest BCUT2D eigenvalue weighted by molar-refractivity contribution is 8.03. The van der Waals surface area contributed by atoms with Gasteiger partial charge in [0.15, 0.2) is 0 Å². The van der Waals surface area contributed by atoms with Crippen molar-refractivity contribution in [1.29, 1.82) is 5.26 Å². The van der Waals surface area contributed by atoms with Gasteiger partial charge in [-0.25, -0.2) is 4.39 Å². The van der Waals surface area contributed by atoms with Gasteiger partial charge in [0.25, 0.3) is 5.91 Å². The third kappa shape index (κ3) is 6.17. The van der Waals surface area contributed by atoms with Crippen molar-refractivity contribution in [2.24, 2.45) is 0 Å². The van der Waals surface area contributed by atoms with Crippen molar-refractivity contribution in [3.63, 3.8) is 0 Å². The van der Waals surface area contributed by atoms with Crippen LogP contribution in [0.2, 0.25) is 10.0 Å². The first-order chi connectivity index (χ1) is 17.8. The first-order valence-corrected chi connectivity index (χ1v) is 12.6. The van der Waals surface area contributed by atoms with Gasteiger partial charge in [-0.15, -0.1) is 0 Å². The number of nitriles is 1. The van der Waals surface area contributed by atoms with Gasteiger partial charge in [-0.2, -0.15) is 5.26 Å². The number of hydrogen-bond donors (Lipinski definition) is 3. The second-order valence-corrected chi connectivity index (χ2v) is 9.72. The molecule has 0 aliphatic carbocycles. The fourth-order valence-corrected chi connectivity index (χ4v) is 5.06. The molecule has 1 atom stereocenters. The Morgan fingerprint density at radius 2 is 1.92 bits per heavy atom. The third-order valence-electron chi connectivity index (χ3n) is 5.37. The lowest BCUT2D eigenvalue weighted by Crippen LogP contribution is -2.31. The fourth-order valence-electron chi connectivity index (χ4n) is 3.72. The first-order valence-electron chi connectivity index (χ1n) is 10.9. The van der Waals surface area contributed by atoms with Gasteiger partial charge in [0.1, 0.15) is 11.6 Å². The largest absolute Gasteiger partial charge is 0.468 e. The van der Waals surface area contributed by atoms with Gasteiger partial charge in [-0.05, 0) is 61.5 Å². The zero-order chi connectivity index (χ0) is 26.5. The zero-order valence-corrected chi connectivity index (χ0v) is 21.6. The smallest absolute Gasteiger partial charge is 0.254 e. The van der Waals surface area contributed by atoms with Crippen LogP contribution in [-0.2, 0) is 9.59 Å². The summed E-state index contributed by atoms with van der Waals surface area (Å²) in [6.07, 6.45) is 1.45. The molecule has 0 bridgehead atoms. The van der Waals surface area contributed by atoms with Crippen LogP contribution in [0, 0.1) is 17.1 Å². The van der Waals surface area contributed by atoms with Gasteiger partial charge in [0.05, 0.1) is 50.9 Å². The molecule has 1 aliphatic rings. The number of furan rings is 1. The molecule has 0 unspecified atom stereocenters. The summed E-state index contributed by atoms with van der Waals surface area (Å²) >= 11 is 13.3. The number of anilines is 2. The second kappa shape index (κ2) is 11.6. The van der Waals surface area contributed by atoms with E-state index in [4.69, 9.17) is 27.6 Å². The predicted octanol–water partition coefficient (Wildman–Crippen LogP) is 6.43. The Labute approximate surface area is 226 Å². The molecule has 3 N–H and O–H groups in total. The Balaban J connectivity index is 1.58. The van der Waals surface area contributed by atoms with Crippen LogP contribution < -0.4 is 16.0 Å². The Morgan fingerprint density at radius 3 is 2.57 bits per heavy atom. The minimum absolute atomic E-state index is 0.0367. The molecular weight excluding hydrogens is 538 g/mol. The van der Waals surface area contributed by atoms with Crippen LogP contribution >= 0.6 is 35.0 Å². The molecule has 4 rings (SSSR count). The number of allylic oxidation sites excluding steroid dienone is 2. The van der Waals surface area contributed by atoms with Gasteiger partial charge < -0.3 is 20.4 Å². The monoisotopic (exact) mass is 556 g/mol. The maximum atomic E-state index is 13.4. The van der Waals surface area contributed by atoms with E-state index >= 15 is 0 Å².